The van der Waals surface area contributed by atoms with Crippen LogP contribution >= 0.6 is 0 Å². The summed E-state index contributed by atoms with van der Waals surface area (Å²) in [5, 5.41) is 38.1. The molecule has 3 saturated heterocycles. The van der Waals surface area contributed by atoms with Crippen molar-refractivity contribution in [2.45, 2.75) is 62.8 Å². The summed E-state index contributed by atoms with van der Waals surface area (Å²) in [5.74, 6) is 1.66. The number of carbonyl (C=O) groups excluding carboxylic acids is 1. The van der Waals surface area contributed by atoms with Crippen molar-refractivity contribution >= 4 is 12.1 Å². The average molecular weight is 659 g/mol. The topological polar surface area (TPSA) is 120 Å². The zero-order valence-corrected chi connectivity index (χ0v) is 27.9. The number of nitrogens with one attached hydrogen (secondary N) is 2. The van der Waals surface area contributed by atoms with E-state index in [1.165, 1.54) is 50.4 Å². The van der Waals surface area contributed by atoms with E-state index in [-0.39, 0.29) is 23.5 Å². The highest BCUT2D eigenvalue weighted by atomic mass is 16.5. The van der Waals surface area contributed by atoms with Gasteiger partial charge in [-0.2, -0.15) is 0 Å². The summed E-state index contributed by atoms with van der Waals surface area (Å²) in [6.45, 7) is 6.38. The number of benzene rings is 3. The van der Waals surface area contributed by atoms with Crippen molar-refractivity contribution in [1.82, 2.24) is 5.32 Å². The van der Waals surface area contributed by atoms with Gasteiger partial charge in [-0.3, -0.25) is 4.79 Å². The maximum Gasteiger partial charge on any atom is 0.211 e. The van der Waals surface area contributed by atoms with Crippen LogP contribution in [0, 0.1) is 11.8 Å². The fourth-order valence-electron chi connectivity index (χ4n) is 8.16. The molecule has 258 valence electrons. The molecule has 1 aliphatic carbocycles. The number of anilines is 1. The monoisotopic (exact) mass is 658 g/mol. The maximum absolute atomic E-state index is 12.0. The second kappa shape index (κ2) is 15.8. The fraction of sp³-hybridized carbons (Fsp3) is 0.513. The minimum absolute atomic E-state index is 0.0414. The third-order valence-corrected chi connectivity index (χ3v) is 11.2. The first kappa shape index (κ1) is 34.4. The number of aromatic hydroxyl groups is 1. The van der Waals surface area contributed by atoms with Gasteiger partial charge in [-0.05, 0) is 72.7 Å². The van der Waals surface area contributed by atoms with E-state index < -0.39 is 11.7 Å². The van der Waals surface area contributed by atoms with Crippen LogP contribution in [-0.4, -0.2) is 84.8 Å². The molecule has 0 spiro atoms. The Kier molecular flexibility index (Phi) is 11.3. The van der Waals surface area contributed by atoms with Gasteiger partial charge >= 0.3 is 0 Å². The third-order valence-electron chi connectivity index (χ3n) is 11.2. The summed E-state index contributed by atoms with van der Waals surface area (Å²) in [5.41, 5.74) is 2.14. The number of aliphatic hydroxyl groups excluding tert-OH is 1. The highest BCUT2D eigenvalue weighted by molar-refractivity contribution is 5.75. The van der Waals surface area contributed by atoms with Gasteiger partial charge in [0.25, 0.3) is 0 Å². The van der Waals surface area contributed by atoms with Gasteiger partial charge in [0.05, 0.1) is 31.5 Å². The number of hydrogen-bond donors (Lipinski definition) is 5. The molecule has 0 radical (unpaired) electrons. The number of aliphatic hydroxyl groups is 2. The Bertz CT molecular complexity index is 1460. The lowest BCUT2D eigenvalue weighted by molar-refractivity contribution is -0.946. The van der Waals surface area contributed by atoms with Crippen molar-refractivity contribution in [2.75, 3.05) is 57.8 Å². The number of fused-ring (bicyclic) bond motifs is 3. The molecule has 0 unspecified atom stereocenters. The Balaban J connectivity index is 0.938. The van der Waals surface area contributed by atoms with Crippen molar-refractivity contribution in [2.24, 2.45) is 11.8 Å². The quantitative estimate of drug-likeness (QED) is 0.0606. The number of hydrogen-bond acceptors (Lipinski definition) is 7. The molecule has 3 aromatic rings. The number of piperidine rings is 3. The van der Waals surface area contributed by atoms with Crippen LogP contribution in [0.15, 0.2) is 72.8 Å². The second-order valence-corrected chi connectivity index (χ2v) is 14.2. The van der Waals surface area contributed by atoms with Gasteiger partial charge in [0, 0.05) is 25.3 Å². The zero-order valence-electron chi connectivity index (χ0n) is 27.9. The lowest BCUT2D eigenvalue weighted by atomic mass is 9.80. The minimum Gasteiger partial charge on any atom is -0.506 e. The van der Waals surface area contributed by atoms with E-state index in [9.17, 15) is 20.1 Å². The average Bonchev–Trinajstić information content (AvgIpc) is 3.68. The van der Waals surface area contributed by atoms with Gasteiger partial charge in [0.1, 0.15) is 42.9 Å². The molecule has 4 fully saturated rings. The Morgan fingerprint density at radius 3 is 2.46 bits per heavy atom. The zero-order chi connectivity index (χ0) is 33.4. The van der Waals surface area contributed by atoms with Crippen LogP contribution in [0.1, 0.15) is 61.3 Å². The molecule has 3 heterocycles. The second-order valence-electron chi connectivity index (χ2n) is 14.2. The summed E-state index contributed by atoms with van der Waals surface area (Å²) in [6, 6.07) is 23.1. The van der Waals surface area contributed by atoms with E-state index in [0.717, 1.165) is 48.1 Å². The van der Waals surface area contributed by atoms with Crippen LogP contribution < -0.4 is 15.4 Å². The molecule has 4 aliphatic rings. The number of phenols is 1. The first-order valence-electron chi connectivity index (χ1n) is 17.8. The smallest absolute Gasteiger partial charge is 0.211 e. The number of ether oxygens (including phenoxy) is 2. The largest absolute Gasteiger partial charge is 0.506 e. The highest BCUT2D eigenvalue weighted by Crippen LogP contribution is 2.42. The summed E-state index contributed by atoms with van der Waals surface area (Å²) in [6.07, 6.45) is 7.56. The molecule has 48 heavy (non-hydrogen) atoms. The fourth-order valence-corrected chi connectivity index (χ4v) is 8.16. The number of carbonyl (C=O) groups is 1. The van der Waals surface area contributed by atoms with Crippen LogP contribution in [0.25, 0.3) is 0 Å². The van der Waals surface area contributed by atoms with Gasteiger partial charge in [0.2, 0.25) is 6.41 Å². The van der Waals surface area contributed by atoms with Gasteiger partial charge in [0.15, 0.2) is 0 Å². The third kappa shape index (κ3) is 8.21. The number of amides is 1. The number of phenolic OH excluding ortho intramolecular Hbond substituents is 1. The molecule has 9 nitrogen and oxygen atoms in total. The van der Waals surface area contributed by atoms with E-state index in [4.69, 9.17) is 9.47 Å². The summed E-state index contributed by atoms with van der Waals surface area (Å²) in [7, 11) is 0. The van der Waals surface area contributed by atoms with E-state index in [1.807, 2.05) is 30.3 Å². The Labute approximate surface area is 284 Å². The van der Waals surface area contributed by atoms with E-state index in [1.54, 1.807) is 12.1 Å². The van der Waals surface area contributed by atoms with E-state index >= 15 is 0 Å². The van der Waals surface area contributed by atoms with Crippen LogP contribution in [0.5, 0.6) is 11.5 Å². The molecular weight excluding hydrogens is 606 g/mol. The molecule has 5 N–H and O–H groups in total. The summed E-state index contributed by atoms with van der Waals surface area (Å²) in [4.78, 5) is 10.7. The van der Waals surface area contributed by atoms with Crippen LogP contribution in [-0.2, 0) is 21.6 Å². The summed E-state index contributed by atoms with van der Waals surface area (Å²) < 4.78 is 14.0. The van der Waals surface area contributed by atoms with Gasteiger partial charge in [-0.25, -0.2) is 0 Å². The molecule has 1 saturated carbocycles. The van der Waals surface area contributed by atoms with E-state index in [0.29, 0.717) is 44.2 Å². The number of quaternary nitrogens is 1. The molecular formula is C39H52N3O6+. The normalized spacial score (nSPS) is 24.2. The predicted molar refractivity (Wildman–Crippen MR) is 186 cm³/mol. The van der Waals surface area contributed by atoms with Crippen LogP contribution in [0.2, 0.25) is 0 Å². The van der Waals surface area contributed by atoms with Gasteiger partial charge in [-0.15, -0.1) is 0 Å². The SMILES string of the molecule is O=CNc1cc([C@@H](O)CNCCc2ccc(OCC[N+]34CCC(CC3)[C@@H](OC[C@@](O)(c3ccccc3)C3CCCC3)C4)cc2)ccc1O. The Morgan fingerprint density at radius 2 is 1.73 bits per heavy atom. The molecule has 1 amide bonds. The Hall–Kier alpha value is -3.47. The molecule has 7 rings (SSSR count). The first-order valence-corrected chi connectivity index (χ1v) is 17.8. The first-order chi connectivity index (χ1) is 23.4. The number of rotatable bonds is 17. The highest BCUT2D eigenvalue weighted by Gasteiger charge is 2.48. The van der Waals surface area contributed by atoms with Crippen molar-refractivity contribution in [3.63, 3.8) is 0 Å². The molecule has 9 heteroatoms. The molecule has 3 atom stereocenters. The predicted octanol–water partition coefficient (Wildman–Crippen LogP) is 4.91. The van der Waals surface area contributed by atoms with E-state index in [2.05, 4.69) is 34.9 Å². The molecule has 3 aliphatic heterocycles. The maximum atomic E-state index is 12.0. The summed E-state index contributed by atoms with van der Waals surface area (Å²) >= 11 is 0. The Morgan fingerprint density at radius 1 is 0.979 bits per heavy atom. The molecule has 3 aromatic carbocycles. The van der Waals surface area contributed by atoms with Gasteiger partial charge < -0.3 is 39.9 Å². The standard InChI is InChI=1S/C39H51N3O6/c43-28-41-35-24-31(12-15-36(35)44)37(45)25-40-19-16-29-10-13-34(14-11-29)47-23-22-42-20-17-30(18-21-42)38(26-42)48-27-39(46,33-8-4-5-9-33)32-6-2-1-3-7-32/h1-3,6-7,10-15,24,28,30,33,37-38,40,45-46H,4-5,8-9,16-23,25-27H2,(H-,41,43,44)/p+1/t30?,37-,38-,39+,42?/m0/s1. The molecule has 2 bridgehead atoms. The van der Waals surface area contributed by atoms with Crippen molar-refractivity contribution in [1.29, 1.82) is 0 Å². The van der Waals surface area contributed by atoms with Crippen molar-refractivity contribution in [3.05, 3.63) is 89.5 Å². The van der Waals surface area contributed by atoms with Crippen LogP contribution in [0.3, 0.4) is 0 Å². The van der Waals surface area contributed by atoms with Crippen molar-refractivity contribution in [3.8, 4) is 11.5 Å². The van der Waals surface area contributed by atoms with Gasteiger partial charge in [-0.1, -0.05) is 61.4 Å². The minimum atomic E-state index is -0.921. The lowest BCUT2D eigenvalue weighted by Crippen LogP contribution is -2.65. The molecule has 0 aromatic heterocycles. The number of nitrogens with zero attached hydrogens (tertiary/aromatic N) is 1. The van der Waals surface area contributed by atoms with Crippen LogP contribution in [0.4, 0.5) is 5.69 Å². The lowest BCUT2D eigenvalue weighted by Gasteiger charge is -2.52. The van der Waals surface area contributed by atoms with Crippen molar-refractivity contribution < 1.29 is 34.1 Å².